The van der Waals surface area contributed by atoms with Gasteiger partial charge in [-0.1, -0.05) is 17.7 Å². The Bertz CT molecular complexity index is 601. The standard InChI is InChI=1S/C18H20O2/c1-12-9-13(2)18(14(3)10-12)11-20-17-7-5-16(6-8-17)15(4)19/h5-10H,11H2,1-4H3. The maximum absolute atomic E-state index is 11.2. The summed E-state index contributed by atoms with van der Waals surface area (Å²) in [5.41, 5.74) is 5.71. The Balaban J connectivity index is 2.11. The van der Waals surface area contributed by atoms with Crippen molar-refractivity contribution in [3.63, 3.8) is 0 Å². The molecule has 2 nitrogen and oxygen atoms in total. The molecule has 0 saturated carbocycles. The van der Waals surface area contributed by atoms with Crippen LogP contribution in [0.1, 0.15) is 39.5 Å². The third-order valence-electron chi connectivity index (χ3n) is 3.48. The Hall–Kier alpha value is -2.09. The van der Waals surface area contributed by atoms with Crippen LogP contribution in [0.5, 0.6) is 5.75 Å². The number of rotatable bonds is 4. The fourth-order valence-corrected chi connectivity index (χ4v) is 2.38. The summed E-state index contributed by atoms with van der Waals surface area (Å²) in [6, 6.07) is 11.6. The number of ether oxygens (including phenoxy) is 1. The van der Waals surface area contributed by atoms with Gasteiger partial charge in [0.15, 0.2) is 5.78 Å². The first-order valence-corrected chi connectivity index (χ1v) is 6.78. The van der Waals surface area contributed by atoms with Crippen molar-refractivity contribution in [3.05, 3.63) is 64.2 Å². The zero-order valence-electron chi connectivity index (χ0n) is 12.5. The van der Waals surface area contributed by atoms with Crippen molar-refractivity contribution in [3.8, 4) is 5.75 Å². The molecule has 0 saturated heterocycles. The Kier molecular flexibility index (Phi) is 4.23. The minimum Gasteiger partial charge on any atom is -0.489 e. The lowest BCUT2D eigenvalue weighted by Gasteiger charge is -2.13. The Morgan fingerprint density at radius 2 is 1.55 bits per heavy atom. The van der Waals surface area contributed by atoms with Crippen LogP contribution < -0.4 is 4.74 Å². The van der Waals surface area contributed by atoms with Crippen LogP contribution in [0.3, 0.4) is 0 Å². The van der Waals surface area contributed by atoms with Crippen LogP contribution >= 0.6 is 0 Å². The largest absolute Gasteiger partial charge is 0.489 e. The van der Waals surface area contributed by atoms with Gasteiger partial charge in [-0.25, -0.2) is 0 Å². The number of benzene rings is 2. The second-order valence-electron chi connectivity index (χ2n) is 5.25. The van der Waals surface area contributed by atoms with E-state index >= 15 is 0 Å². The van der Waals surface area contributed by atoms with Crippen LogP contribution in [-0.4, -0.2) is 5.78 Å². The molecule has 0 aliphatic rings. The van der Waals surface area contributed by atoms with E-state index in [0.29, 0.717) is 12.2 Å². The van der Waals surface area contributed by atoms with Gasteiger partial charge in [0, 0.05) is 5.56 Å². The predicted octanol–water partition coefficient (Wildman–Crippen LogP) is 4.39. The van der Waals surface area contributed by atoms with Gasteiger partial charge in [-0.15, -0.1) is 0 Å². The normalized spacial score (nSPS) is 10.4. The van der Waals surface area contributed by atoms with Gasteiger partial charge >= 0.3 is 0 Å². The van der Waals surface area contributed by atoms with Crippen LogP contribution in [0.4, 0.5) is 0 Å². The van der Waals surface area contributed by atoms with Gasteiger partial charge in [0.25, 0.3) is 0 Å². The van der Waals surface area contributed by atoms with Crippen LogP contribution in [0.2, 0.25) is 0 Å². The van der Waals surface area contributed by atoms with Gasteiger partial charge in [0.05, 0.1) is 0 Å². The van der Waals surface area contributed by atoms with E-state index in [2.05, 4.69) is 32.9 Å². The maximum atomic E-state index is 11.2. The average Bonchev–Trinajstić information content (AvgIpc) is 2.38. The van der Waals surface area contributed by atoms with Crippen molar-refractivity contribution in [2.24, 2.45) is 0 Å². The summed E-state index contributed by atoms with van der Waals surface area (Å²) < 4.78 is 5.82. The third kappa shape index (κ3) is 3.27. The zero-order chi connectivity index (χ0) is 14.7. The molecule has 0 atom stereocenters. The fraction of sp³-hybridized carbons (Fsp3) is 0.278. The summed E-state index contributed by atoms with van der Waals surface area (Å²) in [4.78, 5) is 11.2. The highest BCUT2D eigenvalue weighted by atomic mass is 16.5. The maximum Gasteiger partial charge on any atom is 0.159 e. The molecule has 0 aliphatic heterocycles. The first-order valence-electron chi connectivity index (χ1n) is 6.78. The molecule has 2 heteroatoms. The van der Waals surface area contributed by atoms with Crippen molar-refractivity contribution >= 4 is 5.78 Å². The molecule has 2 aromatic carbocycles. The third-order valence-corrected chi connectivity index (χ3v) is 3.48. The topological polar surface area (TPSA) is 26.3 Å². The summed E-state index contributed by atoms with van der Waals surface area (Å²) in [5, 5.41) is 0. The number of Topliss-reactive ketones (excluding diaryl/α,β-unsaturated/α-hetero) is 1. The van der Waals surface area contributed by atoms with E-state index in [4.69, 9.17) is 4.74 Å². The van der Waals surface area contributed by atoms with Gasteiger partial charge in [0.2, 0.25) is 0 Å². The van der Waals surface area contributed by atoms with E-state index in [1.807, 2.05) is 12.1 Å². The number of carbonyl (C=O) groups is 1. The van der Waals surface area contributed by atoms with Crippen LogP contribution in [0.25, 0.3) is 0 Å². The molecule has 0 amide bonds. The molecule has 0 aliphatic carbocycles. The Labute approximate surface area is 120 Å². The quantitative estimate of drug-likeness (QED) is 0.768. The molecule has 0 fully saturated rings. The summed E-state index contributed by atoms with van der Waals surface area (Å²) in [7, 11) is 0. The molecule has 0 bridgehead atoms. The van der Waals surface area contributed by atoms with Crippen molar-refractivity contribution in [1.82, 2.24) is 0 Å². The summed E-state index contributed by atoms with van der Waals surface area (Å²) in [6.45, 7) is 8.44. The molecule has 0 aromatic heterocycles. The summed E-state index contributed by atoms with van der Waals surface area (Å²) in [5.74, 6) is 0.858. The molecule has 104 valence electrons. The number of hydrogen-bond acceptors (Lipinski definition) is 2. The first kappa shape index (κ1) is 14.3. The lowest BCUT2D eigenvalue weighted by Crippen LogP contribution is -2.01. The molecule has 20 heavy (non-hydrogen) atoms. The van der Waals surface area contributed by atoms with Crippen LogP contribution in [0, 0.1) is 20.8 Å². The predicted molar refractivity (Wildman–Crippen MR) is 81.4 cm³/mol. The van der Waals surface area contributed by atoms with Gasteiger partial charge in [-0.05, 0) is 68.7 Å². The van der Waals surface area contributed by atoms with Gasteiger partial charge in [0.1, 0.15) is 12.4 Å². The molecule has 2 aromatic rings. The number of aryl methyl sites for hydroxylation is 3. The Morgan fingerprint density at radius 3 is 2.05 bits per heavy atom. The van der Waals surface area contributed by atoms with Crippen molar-refractivity contribution < 1.29 is 9.53 Å². The van der Waals surface area contributed by atoms with E-state index in [0.717, 1.165) is 5.75 Å². The zero-order valence-corrected chi connectivity index (χ0v) is 12.5. The van der Waals surface area contributed by atoms with E-state index in [9.17, 15) is 4.79 Å². The minimum absolute atomic E-state index is 0.0711. The van der Waals surface area contributed by atoms with E-state index in [-0.39, 0.29) is 5.78 Å². The van der Waals surface area contributed by atoms with Crippen molar-refractivity contribution in [1.29, 1.82) is 0 Å². The lowest BCUT2D eigenvalue weighted by atomic mass is 10.0. The number of carbonyl (C=O) groups excluding carboxylic acids is 1. The van der Waals surface area contributed by atoms with E-state index < -0.39 is 0 Å². The highest BCUT2D eigenvalue weighted by Gasteiger charge is 2.05. The van der Waals surface area contributed by atoms with E-state index in [1.165, 1.54) is 22.3 Å². The van der Waals surface area contributed by atoms with Gasteiger partial charge in [-0.2, -0.15) is 0 Å². The highest BCUT2D eigenvalue weighted by molar-refractivity contribution is 5.94. The molecule has 0 heterocycles. The molecular formula is C18H20O2. The lowest BCUT2D eigenvalue weighted by molar-refractivity contribution is 0.101. The highest BCUT2D eigenvalue weighted by Crippen LogP contribution is 2.20. The van der Waals surface area contributed by atoms with E-state index in [1.54, 1.807) is 19.1 Å². The molecule has 2 rings (SSSR count). The van der Waals surface area contributed by atoms with Crippen LogP contribution in [-0.2, 0) is 6.61 Å². The van der Waals surface area contributed by atoms with Gasteiger partial charge < -0.3 is 4.74 Å². The first-order chi connectivity index (χ1) is 9.47. The molecule has 0 N–H and O–H groups in total. The van der Waals surface area contributed by atoms with Crippen molar-refractivity contribution in [2.45, 2.75) is 34.3 Å². The second kappa shape index (κ2) is 5.91. The van der Waals surface area contributed by atoms with Gasteiger partial charge in [-0.3, -0.25) is 4.79 Å². The van der Waals surface area contributed by atoms with Crippen LogP contribution in [0.15, 0.2) is 36.4 Å². The fourth-order valence-electron chi connectivity index (χ4n) is 2.38. The second-order valence-corrected chi connectivity index (χ2v) is 5.25. The average molecular weight is 268 g/mol. The summed E-state index contributed by atoms with van der Waals surface area (Å²) in [6.07, 6.45) is 0. The monoisotopic (exact) mass is 268 g/mol. The minimum atomic E-state index is 0.0711. The smallest absolute Gasteiger partial charge is 0.159 e. The summed E-state index contributed by atoms with van der Waals surface area (Å²) >= 11 is 0. The molecule has 0 spiro atoms. The molecule has 0 radical (unpaired) electrons. The molecular weight excluding hydrogens is 248 g/mol. The Morgan fingerprint density at radius 1 is 1.00 bits per heavy atom. The van der Waals surface area contributed by atoms with Crippen molar-refractivity contribution in [2.75, 3.05) is 0 Å². The molecule has 0 unspecified atom stereocenters. The SMILES string of the molecule is CC(=O)c1ccc(OCc2c(C)cc(C)cc2C)cc1. The number of ketones is 1. The number of hydrogen-bond donors (Lipinski definition) is 0.